The van der Waals surface area contributed by atoms with Gasteiger partial charge in [-0.1, -0.05) is 54.2 Å². The predicted molar refractivity (Wildman–Crippen MR) is 116 cm³/mol. The van der Waals surface area contributed by atoms with Crippen LogP contribution in [0, 0.1) is 0 Å². The van der Waals surface area contributed by atoms with Crippen molar-refractivity contribution in [1.29, 1.82) is 0 Å². The maximum Gasteiger partial charge on any atom is 0.416 e. The molecule has 1 unspecified atom stereocenters. The zero-order valence-corrected chi connectivity index (χ0v) is 17.7. The smallest absolute Gasteiger partial charge is 0.416 e. The number of thioether (sulfide) groups is 1. The van der Waals surface area contributed by atoms with E-state index >= 15 is 0 Å². The lowest BCUT2D eigenvalue weighted by Gasteiger charge is -2.42. The number of amides is 1. The molecule has 3 aromatic rings. The molecule has 0 aliphatic carbocycles. The van der Waals surface area contributed by atoms with Crippen LogP contribution in [-0.4, -0.2) is 44.9 Å². The molecule has 5 nitrogen and oxygen atoms in total. The van der Waals surface area contributed by atoms with Crippen LogP contribution >= 0.6 is 11.8 Å². The second-order valence-electron chi connectivity index (χ2n) is 7.80. The van der Waals surface area contributed by atoms with Gasteiger partial charge < -0.3 is 15.1 Å². The number of para-hydroxylation sites is 1. The summed E-state index contributed by atoms with van der Waals surface area (Å²) < 4.78 is 41.5. The summed E-state index contributed by atoms with van der Waals surface area (Å²) in [4.78, 5) is 17.0. The van der Waals surface area contributed by atoms with Crippen molar-refractivity contribution in [2.45, 2.75) is 34.9 Å². The second kappa shape index (κ2) is 8.63. The van der Waals surface area contributed by atoms with Crippen molar-refractivity contribution in [2.24, 2.45) is 0 Å². The van der Waals surface area contributed by atoms with Gasteiger partial charge in [-0.2, -0.15) is 13.2 Å². The summed E-state index contributed by atoms with van der Waals surface area (Å²) in [5.74, 6) is 0. The van der Waals surface area contributed by atoms with Crippen molar-refractivity contribution in [3.8, 4) is 0 Å². The molecule has 0 saturated carbocycles. The monoisotopic (exact) mass is 462 g/mol. The Morgan fingerprint density at radius 2 is 1.69 bits per heavy atom. The van der Waals surface area contributed by atoms with E-state index in [0.717, 1.165) is 23.2 Å². The van der Waals surface area contributed by atoms with Crippen LogP contribution in [0.25, 0.3) is 10.9 Å². The second-order valence-corrected chi connectivity index (χ2v) is 8.92. The van der Waals surface area contributed by atoms with E-state index in [4.69, 9.17) is 0 Å². The number of hydrogen-bond donors (Lipinski definition) is 2. The fraction of sp³-hybridized carbons (Fsp3) is 0.304. The zero-order chi connectivity index (χ0) is 22.9. The number of nitrogens with zero attached hydrogens (tertiary/aromatic N) is 2. The Morgan fingerprint density at radius 3 is 2.38 bits per heavy atom. The van der Waals surface area contributed by atoms with Gasteiger partial charge in [0.2, 0.25) is 0 Å². The molecule has 0 spiro atoms. The number of benzene rings is 2. The number of hydrogen-bond acceptors (Lipinski definition) is 4. The Kier molecular flexibility index (Phi) is 6.05. The Hall–Kier alpha value is -2.78. The number of carbonyl (C=O) groups is 1. The summed E-state index contributed by atoms with van der Waals surface area (Å²) in [6.45, 7) is 0.0878. The highest BCUT2D eigenvalue weighted by Crippen LogP contribution is 2.50. The van der Waals surface area contributed by atoms with Crippen molar-refractivity contribution in [1.82, 2.24) is 9.88 Å². The average Bonchev–Trinajstić information content (AvgIpc) is 2.77. The van der Waals surface area contributed by atoms with Gasteiger partial charge >= 0.3 is 12.3 Å². The van der Waals surface area contributed by atoms with E-state index in [0.29, 0.717) is 10.5 Å². The summed E-state index contributed by atoms with van der Waals surface area (Å²) in [7, 11) is 0. The van der Waals surface area contributed by atoms with E-state index < -0.39 is 28.7 Å². The lowest BCUT2D eigenvalue weighted by molar-refractivity contribution is -0.138. The molecular weight excluding hydrogens is 441 g/mol. The maximum atomic E-state index is 13.8. The van der Waals surface area contributed by atoms with Crippen molar-refractivity contribution >= 4 is 28.8 Å². The van der Waals surface area contributed by atoms with Crippen LogP contribution in [0.1, 0.15) is 29.2 Å². The fourth-order valence-corrected chi connectivity index (χ4v) is 5.35. The maximum absolute atomic E-state index is 13.8. The number of alkyl halides is 3. The van der Waals surface area contributed by atoms with E-state index in [1.165, 1.54) is 23.1 Å². The molecule has 1 aromatic heterocycles. The number of piperidine rings is 1. The fourth-order valence-electron chi connectivity index (χ4n) is 4.03. The largest absolute Gasteiger partial charge is 0.465 e. The van der Waals surface area contributed by atoms with Crippen LogP contribution in [0.2, 0.25) is 0 Å². The van der Waals surface area contributed by atoms with E-state index in [1.54, 1.807) is 6.07 Å². The standard InChI is InChI=1S/C23H21F3N2O3S/c24-23(25,26)17-7-3-2-6-16(17)20(22(31)11-13-28(14-12-22)21(29)30)32-19-10-9-15-5-1-4-8-18(15)27-19/h1-10,20,31H,11-14H2,(H,29,30). The third kappa shape index (κ3) is 4.54. The summed E-state index contributed by atoms with van der Waals surface area (Å²) >= 11 is 1.07. The predicted octanol–water partition coefficient (Wildman–Crippen LogP) is 5.59. The van der Waals surface area contributed by atoms with Gasteiger partial charge in [0.05, 0.1) is 27.0 Å². The van der Waals surface area contributed by atoms with E-state index in [1.807, 2.05) is 30.3 Å². The van der Waals surface area contributed by atoms with Crippen LogP contribution in [0.15, 0.2) is 65.7 Å². The molecule has 168 valence electrons. The van der Waals surface area contributed by atoms with Gasteiger partial charge in [-0.05, 0) is 36.6 Å². The zero-order valence-electron chi connectivity index (χ0n) is 16.9. The first-order valence-electron chi connectivity index (χ1n) is 10.1. The number of aliphatic hydroxyl groups is 1. The van der Waals surface area contributed by atoms with Gasteiger partial charge in [0, 0.05) is 18.5 Å². The molecule has 2 N–H and O–H groups in total. The lowest BCUT2D eigenvalue weighted by Crippen LogP contribution is -2.49. The van der Waals surface area contributed by atoms with Gasteiger partial charge in [-0.25, -0.2) is 9.78 Å². The Balaban J connectivity index is 1.76. The van der Waals surface area contributed by atoms with E-state index in [-0.39, 0.29) is 31.5 Å². The first-order valence-corrected chi connectivity index (χ1v) is 10.9. The molecule has 0 bridgehead atoms. The molecule has 4 rings (SSSR count). The molecule has 1 fully saturated rings. The minimum absolute atomic E-state index is 0.0245. The summed E-state index contributed by atoms with van der Waals surface area (Å²) in [5, 5.41) is 21.1. The molecule has 1 aliphatic rings. The van der Waals surface area contributed by atoms with Crippen LogP contribution < -0.4 is 0 Å². The molecule has 2 aromatic carbocycles. The van der Waals surface area contributed by atoms with Gasteiger partial charge in [-0.15, -0.1) is 0 Å². The SMILES string of the molecule is O=C(O)N1CCC(O)(C(Sc2ccc3ccccc3n2)c2ccccc2C(F)(F)F)CC1. The van der Waals surface area contributed by atoms with Gasteiger partial charge in [0.25, 0.3) is 0 Å². The van der Waals surface area contributed by atoms with Crippen LogP contribution in [0.3, 0.4) is 0 Å². The third-order valence-corrected chi connectivity index (χ3v) is 7.15. The van der Waals surface area contributed by atoms with Gasteiger partial charge in [0.1, 0.15) is 0 Å². The van der Waals surface area contributed by atoms with Crippen molar-refractivity contribution in [2.75, 3.05) is 13.1 Å². The topological polar surface area (TPSA) is 73.7 Å². The highest BCUT2D eigenvalue weighted by molar-refractivity contribution is 7.99. The van der Waals surface area contributed by atoms with Crippen molar-refractivity contribution in [3.05, 3.63) is 71.8 Å². The van der Waals surface area contributed by atoms with Crippen LogP contribution in [0.5, 0.6) is 0 Å². The highest BCUT2D eigenvalue weighted by Gasteiger charge is 2.46. The lowest BCUT2D eigenvalue weighted by atomic mass is 9.83. The van der Waals surface area contributed by atoms with Gasteiger partial charge in [-0.3, -0.25) is 0 Å². The first kappa shape index (κ1) is 22.4. The number of rotatable bonds is 4. The molecular formula is C23H21F3N2O3S. The molecule has 2 heterocycles. The van der Waals surface area contributed by atoms with E-state index in [9.17, 15) is 28.2 Å². The summed E-state index contributed by atoms with van der Waals surface area (Å²) in [6.07, 6.45) is -5.65. The molecule has 1 amide bonds. The van der Waals surface area contributed by atoms with Crippen molar-refractivity contribution < 1.29 is 28.2 Å². The molecule has 9 heteroatoms. The minimum atomic E-state index is -4.59. The molecule has 1 aliphatic heterocycles. The highest BCUT2D eigenvalue weighted by atomic mass is 32.2. The average molecular weight is 462 g/mol. The molecule has 1 saturated heterocycles. The Bertz CT molecular complexity index is 1130. The van der Waals surface area contributed by atoms with Crippen molar-refractivity contribution in [3.63, 3.8) is 0 Å². The Morgan fingerprint density at radius 1 is 1.03 bits per heavy atom. The number of fused-ring (bicyclic) bond motifs is 1. The third-order valence-electron chi connectivity index (χ3n) is 5.75. The number of aromatic nitrogens is 1. The number of pyridine rings is 1. The van der Waals surface area contributed by atoms with Gasteiger partial charge in [0.15, 0.2) is 0 Å². The number of carboxylic acid groups (broad SMARTS) is 1. The Labute approximate surface area is 186 Å². The van der Waals surface area contributed by atoms with Crippen LogP contribution in [0.4, 0.5) is 18.0 Å². The summed E-state index contributed by atoms with van der Waals surface area (Å²) in [6, 6.07) is 16.2. The normalized spacial score (nSPS) is 17.3. The summed E-state index contributed by atoms with van der Waals surface area (Å²) in [5.41, 5.74) is -1.68. The van der Waals surface area contributed by atoms with Crippen LogP contribution in [-0.2, 0) is 6.18 Å². The quantitative estimate of drug-likeness (QED) is 0.495. The first-order chi connectivity index (χ1) is 15.2. The van der Waals surface area contributed by atoms with E-state index in [2.05, 4.69) is 4.98 Å². The molecule has 1 atom stereocenters. The molecule has 0 radical (unpaired) electrons. The minimum Gasteiger partial charge on any atom is -0.465 e. The number of halogens is 3. The molecule has 32 heavy (non-hydrogen) atoms. The number of likely N-dealkylation sites (tertiary alicyclic amines) is 1.